The van der Waals surface area contributed by atoms with Crippen LogP contribution in [-0.4, -0.2) is 56.1 Å². The minimum Gasteiger partial charge on any atom is -0.465 e. The van der Waals surface area contributed by atoms with Crippen LogP contribution in [0.3, 0.4) is 0 Å². The molecule has 5 rings (SSSR count). The van der Waals surface area contributed by atoms with E-state index in [2.05, 4.69) is 29.4 Å². The summed E-state index contributed by atoms with van der Waals surface area (Å²) in [5, 5.41) is 0.486. The topological polar surface area (TPSA) is 102 Å². The van der Waals surface area contributed by atoms with Crippen molar-refractivity contribution < 1.29 is 40.6 Å². The number of alkyl halides is 3. The fourth-order valence-electron chi connectivity index (χ4n) is 4.97. The van der Waals surface area contributed by atoms with E-state index in [9.17, 15) is 26.4 Å². The molecule has 0 unspecified atom stereocenters. The van der Waals surface area contributed by atoms with Crippen molar-refractivity contribution in [2.45, 2.75) is 43.7 Å². The molecule has 3 aromatic heterocycles. The molecule has 0 radical (unpaired) electrons. The quantitative estimate of drug-likeness (QED) is 0.0819. The normalized spacial score (nSPS) is 12.4. The molecular formula is C32H32F3N3O6SSi. The van der Waals surface area contributed by atoms with Crippen LogP contribution in [0.15, 0.2) is 90.1 Å². The molecule has 0 fully saturated rings. The number of methoxy groups -OCH3 is 1. The van der Waals surface area contributed by atoms with Crippen LogP contribution >= 0.6 is 0 Å². The Morgan fingerprint density at radius 2 is 1.67 bits per heavy atom. The standard InChI is InChI=1S/C32H32F3N3O6SSi/c1-42-31(39)27-20-28(25-14-16-36-30-26(25)15-17-38(30)45(40,41)24-8-6-5-7-9-24)37(21-43-18-19-46(2,3)4)29(27)22-10-12-23(13-11-22)44-32(33,34)35/h5-17,20H,18-19,21H2,1-4H3. The zero-order valence-electron chi connectivity index (χ0n) is 25.5. The average Bonchev–Trinajstić information content (AvgIpc) is 3.61. The number of hydrogen-bond donors (Lipinski definition) is 0. The summed E-state index contributed by atoms with van der Waals surface area (Å²) in [6.07, 6.45) is -1.98. The van der Waals surface area contributed by atoms with E-state index in [1.165, 1.54) is 43.8 Å². The van der Waals surface area contributed by atoms with Crippen molar-refractivity contribution in [1.82, 2.24) is 13.5 Å². The Bertz CT molecular complexity index is 1970. The Hall–Kier alpha value is -4.40. The van der Waals surface area contributed by atoms with E-state index in [-0.39, 0.29) is 22.8 Å². The van der Waals surface area contributed by atoms with Gasteiger partial charge in [-0.1, -0.05) is 37.8 Å². The number of carbonyl (C=O) groups excluding carboxylic acids is 1. The van der Waals surface area contributed by atoms with Crippen LogP contribution in [-0.2, 0) is 26.2 Å². The maximum Gasteiger partial charge on any atom is 0.573 e. The van der Waals surface area contributed by atoms with Gasteiger partial charge in [0.1, 0.15) is 12.5 Å². The van der Waals surface area contributed by atoms with Gasteiger partial charge in [0.05, 0.1) is 29.0 Å². The summed E-state index contributed by atoms with van der Waals surface area (Å²) in [6.45, 7) is 7.07. The van der Waals surface area contributed by atoms with E-state index in [4.69, 9.17) is 9.47 Å². The summed E-state index contributed by atoms with van der Waals surface area (Å²) in [5.41, 5.74) is 2.09. The third kappa shape index (κ3) is 7.03. The zero-order chi connectivity index (χ0) is 33.3. The van der Waals surface area contributed by atoms with Crippen molar-refractivity contribution in [3.63, 3.8) is 0 Å². The summed E-state index contributed by atoms with van der Waals surface area (Å²) < 4.78 is 83.7. The van der Waals surface area contributed by atoms with Crippen LogP contribution in [0.5, 0.6) is 5.75 Å². The van der Waals surface area contributed by atoms with Crippen molar-refractivity contribution in [1.29, 1.82) is 0 Å². The zero-order valence-corrected chi connectivity index (χ0v) is 27.4. The number of nitrogens with zero attached hydrogens (tertiary/aromatic N) is 3. The Morgan fingerprint density at radius 3 is 2.30 bits per heavy atom. The molecule has 0 N–H and O–H groups in total. The lowest BCUT2D eigenvalue weighted by Crippen LogP contribution is -2.22. The first-order chi connectivity index (χ1) is 21.7. The molecule has 0 spiro atoms. The highest BCUT2D eigenvalue weighted by molar-refractivity contribution is 7.90. The van der Waals surface area contributed by atoms with Gasteiger partial charge < -0.3 is 18.8 Å². The molecule has 0 atom stereocenters. The van der Waals surface area contributed by atoms with Gasteiger partial charge in [-0.25, -0.2) is 22.2 Å². The van der Waals surface area contributed by atoms with Gasteiger partial charge in [0.25, 0.3) is 10.0 Å². The maximum absolute atomic E-state index is 13.5. The van der Waals surface area contributed by atoms with Crippen molar-refractivity contribution in [2.75, 3.05) is 13.7 Å². The van der Waals surface area contributed by atoms with E-state index in [0.29, 0.717) is 34.5 Å². The highest BCUT2D eigenvalue weighted by Gasteiger charge is 2.31. The first-order valence-corrected chi connectivity index (χ1v) is 19.4. The molecule has 5 aromatic rings. The molecule has 242 valence electrons. The Labute approximate surface area is 265 Å². The molecular weight excluding hydrogens is 640 g/mol. The lowest BCUT2D eigenvalue weighted by atomic mass is 10.1. The summed E-state index contributed by atoms with van der Waals surface area (Å²) in [6, 6.07) is 18.9. The number of esters is 1. The number of carbonyl (C=O) groups is 1. The summed E-state index contributed by atoms with van der Waals surface area (Å²) >= 11 is 0. The highest BCUT2D eigenvalue weighted by Crippen LogP contribution is 2.38. The minimum absolute atomic E-state index is 0.0141. The number of hydrogen-bond acceptors (Lipinski definition) is 7. The molecule has 2 aromatic carbocycles. The molecule has 0 aliphatic rings. The van der Waals surface area contributed by atoms with Crippen molar-refractivity contribution in [2.24, 2.45) is 0 Å². The molecule has 14 heteroatoms. The first-order valence-electron chi connectivity index (χ1n) is 14.2. The molecule has 0 aliphatic carbocycles. The summed E-state index contributed by atoms with van der Waals surface area (Å²) in [5.74, 6) is -1.10. The van der Waals surface area contributed by atoms with Crippen LogP contribution in [0.4, 0.5) is 13.2 Å². The van der Waals surface area contributed by atoms with Gasteiger partial charge in [-0.05, 0) is 66.2 Å². The van der Waals surface area contributed by atoms with Gasteiger partial charge in [-0.3, -0.25) is 0 Å². The number of halogens is 3. The first kappa shape index (κ1) is 33.0. The van der Waals surface area contributed by atoms with E-state index >= 15 is 0 Å². The monoisotopic (exact) mass is 671 g/mol. The second-order valence-corrected chi connectivity index (χ2v) is 19.1. The number of benzene rings is 2. The van der Waals surface area contributed by atoms with E-state index in [1.807, 2.05) is 0 Å². The second kappa shape index (κ2) is 12.8. The predicted molar refractivity (Wildman–Crippen MR) is 170 cm³/mol. The third-order valence-corrected chi connectivity index (χ3v) is 10.6. The molecule has 0 bridgehead atoms. The van der Waals surface area contributed by atoms with Crippen molar-refractivity contribution >= 4 is 35.1 Å². The molecule has 46 heavy (non-hydrogen) atoms. The number of ether oxygens (including phenoxy) is 3. The summed E-state index contributed by atoms with van der Waals surface area (Å²) in [4.78, 5) is 17.6. The van der Waals surface area contributed by atoms with Gasteiger partial charge in [-0.15, -0.1) is 13.2 Å². The van der Waals surface area contributed by atoms with Gasteiger partial charge in [0.15, 0.2) is 5.65 Å². The molecule has 3 heterocycles. The smallest absolute Gasteiger partial charge is 0.465 e. The van der Waals surface area contributed by atoms with Crippen molar-refractivity contribution in [3.8, 4) is 28.3 Å². The van der Waals surface area contributed by atoms with Crippen LogP contribution in [0.1, 0.15) is 10.4 Å². The van der Waals surface area contributed by atoms with Gasteiger partial charge >= 0.3 is 12.3 Å². The molecule has 9 nitrogen and oxygen atoms in total. The average molecular weight is 672 g/mol. The highest BCUT2D eigenvalue weighted by atomic mass is 32.2. The lowest BCUT2D eigenvalue weighted by molar-refractivity contribution is -0.274. The Morgan fingerprint density at radius 1 is 0.978 bits per heavy atom. The molecule has 0 aliphatic heterocycles. The third-order valence-electron chi connectivity index (χ3n) is 7.21. The predicted octanol–water partition coefficient (Wildman–Crippen LogP) is 7.41. The number of pyridine rings is 1. The minimum atomic E-state index is -4.87. The van der Waals surface area contributed by atoms with Crippen LogP contribution in [0, 0.1) is 0 Å². The Kier molecular flexibility index (Phi) is 9.16. The fraction of sp³-hybridized carbons (Fsp3) is 0.250. The van der Waals surface area contributed by atoms with Gasteiger partial charge in [0, 0.05) is 38.0 Å². The van der Waals surface area contributed by atoms with E-state index in [1.54, 1.807) is 41.0 Å². The summed E-state index contributed by atoms with van der Waals surface area (Å²) in [7, 11) is -4.21. The number of aromatic nitrogens is 3. The molecule has 0 saturated carbocycles. The maximum atomic E-state index is 13.5. The van der Waals surface area contributed by atoms with Crippen molar-refractivity contribution in [3.05, 3.63) is 90.8 Å². The SMILES string of the molecule is COC(=O)c1cc(-c2ccnc3c2ccn3S(=O)(=O)c2ccccc2)n(COCC[Si](C)(C)C)c1-c1ccc(OC(F)(F)F)cc1. The Balaban J connectivity index is 1.68. The second-order valence-electron chi connectivity index (χ2n) is 11.7. The van der Waals surface area contributed by atoms with Crippen LogP contribution in [0.25, 0.3) is 33.5 Å². The van der Waals surface area contributed by atoms with Crippen LogP contribution in [0.2, 0.25) is 25.7 Å². The van der Waals surface area contributed by atoms with Crippen LogP contribution < -0.4 is 4.74 Å². The largest absolute Gasteiger partial charge is 0.573 e. The number of fused-ring (bicyclic) bond motifs is 1. The number of rotatable bonds is 11. The van der Waals surface area contributed by atoms with E-state index < -0.39 is 36.2 Å². The fourth-order valence-corrected chi connectivity index (χ4v) is 7.05. The lowest BCUT2D eigenvalue weighted by Gasteiger charge is -2.19. The molecule has 0 amide bonds. The van der Waals surface area contributed by atoms with Gasteiger partial charge in [-0.2, -0.15) is 0 Å². The molecule has 0 saturated heterocycles. The van der Waals surface area contributed by atoms with E-state index in [0.717, 1.165) is 22.1 Å². The van der Waals surface area contributed by atoms with Gasteiger partial charge in [0.2, 0.25) is 0 Å².